The van der Waals surface area contributed by atoms with Gasteiger partial charge in [0.2, 0.25) is 10.0 Å². The second-order valence-corrected chi connectivity index (χ2v) is 8.50. The van der Waals surface area contributed by atoms with Crippen LogP contribution in [0.1, 0.15) is 24.0 Å². The second kappa shape index (κ2) is 7.14. The molecule has 6 heteroatoms. The average molecular weight is 362 g/mol. The highest BCUT2D eigenvalue weighted by molar-refractivity contribution is 7.93. The van der Waals surface area contributed by atoms with Crippen LogP contribution in [0, 0.1) is 12.7 Å². The van der Waals surface area contributed by atoms with E-state index in [1.807, 2.05) is 32.2 Å². The van der Waals surface area contributed by atoms with Gasteiger partial charge in [0.05, 0.1) is 16.6 Å². The third kappa shape index (κ3) is 3.41. The minimum atomic E-state index is -3.56. The van der Waals surface area contributed by atoms with E-state index in [1.165, 1.54) is 16.4 Å². The molecule has 0 saturated carbocycles. The Kier molecular flexibility index (Phi) is 5.11. The Morgan fingerprint density at radius 1 is 1.20 bits per heavy atom. The van der Waals surface area contributed by atoms with Crippen molar-refractivity contribution in [3.8, 4) is 0 Å². The first kappa shape index (κ1) is 17.9. The van der Waals surface area contributed by atoms with E-state index in [2.05, 4.69) is 5.32 Å². The van der Waals surface area contributed by atoms with E-state index in [-0.39, 0.29) is 5.82 Å². The summed E-state index contributed by atoms with van der Waals surface area (Å²) in [7, 11) is -1.72. The molecule has 0 fully saturated rings. The smallest absolute Gasteiger partial charge is 0.242 e. The molecule has 4 nitrogen and oxygen atoms in total. The Hall–Kier alpha value is -1.92. The Morgan fingerprint density at radius 2 is 1.96 bits per heavy atom. The minimum absolute atomic E-state index is 0.336. The molecule has 0 saturated heterocycles. The Bertz CT molecular complexity index is 867. The molecule has 0 aromatic heterocycles. The van der Waals surface area contributed by atoms with Crippen LogP contribution in [0.4, 0.5) is 15.8 Å². The van der Waals surface area contributed by atoms with E-state index < -0.39 is 15.3 Å². The van der Waals surface area contributed by atoms with Gasteiger partial charge >= 0.3 is 0 Å². The maximum atomic E-state index is 13.8. The fourth-order valence-electron chi connectivity index (χ4n) is 3.37. The summed E-state index contributed by atoms with van der Waals surface area (Å²) < 4.78 is 41.8. The molecule has 3 rings (SSSR count). The van der Waals surface area contributed by atoms with Crippen LogP contribution >= 0.6 is 0 Å². The average Bonchev–Trinajstić information content (AvgIpc) is 2.57. The lowest BCUT2D eigenvalue weighted by Gasteiger charge is -2.36. The summed E-state index contributed by atoms with van der Waals surface area (Å²) in [5, 5.41) is 2.50. The molecule has 0 aliphatic carbocycles. The number of anilines is 2. The monoisotopic (exact) mass is 362 g/mol. The predicted octanol–water partition coefficient (Wildman–Crippen LogP) is 3.53. The zero-order valence-electron chi connectivity index (χ0n) is 14.5. The summed E-state index contributed by atoms with van der Waals surface area (Å²) in [6.07, 6.45) is 1.65. The van der Waals surface area contributed by atoms with Gasteiger partial charge < -0.3 is 5.32 Å². The van der Waals surface area contributed by atoms with Gasteiger partial charge in [-0.2, -0.15) is 0 Å². The summed E-state index contributed by atoms with van der Waals surface area (Å²) in [4.78, 5) is 0. The van der Waals surface area contributed by atoms with E-state index in [0.717, 1.165) is 24.1 Å². The lowest BCUT2D eigenvalue weighted by Crippen LogP contribution is -2.42. The van der Waals surface area contributed by atoms with Crippen molar-refractivity contribution < 1.29 is 12.8 Å². The predicted molar refractivity (Wildman–Crippen MR) is 99.3 cm³/mol. The molecule has 25 heavy (non-hydrogen) atoms. The highest BCUT2D eigenvalue weighted by atomic mass is 32.2. The minimum Gasteiger partial charge on any atom is -0.320 e. The number of rotatable bonds is 5. The summed E-state index contributed by atoms with van der Waals surface area (Å²) in [6.45, 7) is 2.64. The summed E-state index contributed by atoms with van der Waals surface area (Å²) >= 11 is 0. The Balaban J connectivity index is 2.12. The normalized spacial score (nSPS) is 18.8. The first-order valence-electron chi connectivity index (χ1n) is 8.48. The molecule has 1 aliphatic rings. The van der Waals surface area contributed by atoms with Crippen LogP contribution in [0.2, 0.25) is 0 Å². The van der Waals surface area contributed by atoms with Crippen molar-refractivity contribution in [1.29, 1.82) is 0 Å². The molecule has 0 amide bonds. The van der Waals surface area contributed by atoms with Crippen molar-refractivity contribution in [1.82, 2.24) is 5.32 Å². The topological polar surface area (TPSA) is 49.4 Å². The van der Waals surface area contributed by atoms with Gasteiger partial charge in [0.15, 0.2) is 0 Å². The van der Waals surface area contributed by atoms with Crippen molar-refractivity contribution in [3.63, 3.8) is 0 Å². The van der Waals surface area contributed by atoms with Crippen molar-refractivity contribution in [3.05, 3.63) is 59.4 Å². The van der Waals surface area contributed by atoms with E-state index in [0.29, 0.717) is 24.2 Å². The number of hydrogen-bond acceptors (Lipinski definition) is 3. The molecule has 0 bridgehead atoms. The molecular weight excluding hydrogens is 339 g/mol. The van der Waals surface area contributed by atoms with Gasteiger partial charge in [-0.1, -0.05) is 18.2 Å². The van der Waals surface area contributed by atoms with Gasteiger partial charge in [0.25, 0.3) is 0 Å². The van der Waals surface area contributed by atoms with Crippen LogP contribution in [0.5, 0.6) is 0 Å². The number of para-hydroxylation sites is 1. The summed E-state index contributed by atoms with van der Waals surface area (Å²) in [5.41, 5.74) is 2.80. The van der Waals surface area contributed by atoms with Crippen molar-refractivity contribution in [2.24, 2.45) is 0 Å². The zero-order chi connectivity index (χ0) is 18.0. The van der Waals surface area contributed by atoms with E-state index in [1.54, 1.807) is 12.1 Å². The third-order valence-corrected chi connectivity index (χ3v) is 6.82. The third-order valence-electron chi connectivity index (χ3n) is 4.67. The fourth-order valence-corrected chi connectivity index (χ4v) is 5.45. The van der Waals surface area contributed by atoms with Crippen molar-refractivity contribution in [2.75, 3.05) is 17.9 Å². The lowest BCUT2D eigenvalue weighted by molar-refractivity contribution is 0.552. The van der Waals surface area contributed by atoms with Gasteiger partial charge in [-0.3, -0.25) is 0 Å². The highest BCUT2D eigenvalue weighted by Crippen LogP contribution is 2.41. The molecule has 2 aromatic rings. The zero-order valence-corrected chi connectivity index (χ0v) is 15.3. The second-order valence-electron chi connectivity index (χ2n) is 6.44. The van der Waals surface area contributed by atoms with Gasteiger partial charge in [0.1, 0.15) is 5.82 Å². The lowest BCUT2D eigenvalue weighted by atomic mass is 10.0. The first-order valence-corrected chi connectivity index (χ1v) is 9.98. The van der Waals surface area contributed by atoms with Gasteiger partial charge in [-0.05, 0) is 75.2 Å². The molecular formula is C19H23FN2O2S. The number of nitrogens with zero attached hydrogens (tertiary/aromatic N) is 1. The molecule has 2 aromatic carbocycles. The number of fused-ring (bicyclic) bond motifs is 1. The van der Waals surface area contributed by atoms with Gasteiger partial charge in [-0.25, -0.2) is 17.1 Å². The van der Waals surface area contributed by atoms with Crippen LogP contribution in [0.15, 0.2) is 42.5 Å². The van der Waals surface area contributed by atoms with Crippen molar-refractivity contribution in [2.45, 2.75) is 31.4 Å². The van der Waals surface area contributed by atoms with Crippen LogP contribution in [-0.4, -0.2) is 27.3 Å². The summed E-state index contributed by atoms with van der Waals surface area (Å²) in [6, 6.07) is 11.7. The van der Waals surface area contributed by atoms with E-state index in [9.17, 15) is 12.8 Å². The molecule has 0 radical (unpaired) electrons. The number of aryl methyl sites for hydroxylation is 1. The number of halogens is 1. The van der Waals surface area contributed by atoms with E-state index >= 15 is 0 Å². The van der Waals surface area contributed by atoms with Crippen molar-refractivity contribution >= 4 is 21.4 Å². The van der Waals surface area contributed by atoms with Crippen LogP contribution in [-0.2, 0) is 16.4 Å². The Morgan fingerprint density at radius 3 is 2.68 bits per heavy atom. The number of hydrogen-bond donors (Lipinski definition) is 1. The largest absolute Gasteiger partial charge is 0.320 e. The quantitative estimate of drug-likeness (QED) is 0.828. The number of nitrogens with one attached hydrogen (secondary N) is 1. The molecule has 1 aliphatic heterocycles. The maximum Gasteiger partial charge on any atom is 0.242 e. The molecule has 0 spiro atoms. The fraction of sp³-hybridized carbons (Fsp3) is 0.368. The van der Waals surface area contributed by atoms with Gasteiger partial charge in [-0.15, -0.1) is 0 Å². The van der Waals surface area contributed by atoms with Crippen LogP contribution < -0.4 is 9.62 Å². The van der Waals surface area contributed by atoms with Crippen LogP contribution in [0.25, 0.3) is 0 Å². The molecule has 1 atom stereocenters. The number of benzene rings is 2. The maximum absolute atomic E-state index is 13.8. The summed E-state index contributed by atoms with van der Waals surface area (Å²) in [5.74, 6) is -0.336. The first-order chi connectivity index (χ1) is 11.9. The van der Waals surface area contributed by atoms with Crippen LogP contribution in [0.3, 0.4) is 0 Å². The SMILES string of the molecule is CNCCCC1Cc2cc(F)ccc2N(c2ccccc2C)S1(=O)=O. The number of sulfonamides is 1. The van der Waals surface area contributed by atoms with E-state index in [4.69, 9.17) is 0 Å². The molecule has 1 heterocycles. The standard InChI is InChI=1S/C19H23FN2O2S/c1-14-6-3-4-8-18(14)22-19-10-9-16(20)12-15(19)13-17(25(22,23)24)7-5-11-21-2/h3-4,6,8-10,12,17,21H,5,7,11,13H2,1-2H3. The molecule has 1 N–H and O–H groups in total. The highest BCUT2D eigenvalue weighted by Gasteiger charge is 2.39. The van der Waals surface area contributed by atoms with Gasteiger partial charge in [0, 0.05) is 0 Å². The molecule has 134 valence electrons. The Labute approximate surface area is 148 Å². The molecule has 1 unspecified atom stereocenters.